The minimum Gasteiger partial charge on any atom is -0.493 e. The van der Waals surface area contributed by atoms with Gasteiger partial charge >= 0.3 is 0 Å². The molecule has 0 saturated heterocycles. The van der Waals surface area contributed by atoms with Crippen LogP contribution in [-0.2, 0) is 0 Å². The van der Waals surface area contributed by atoms with Crippen LogP contribution in [0.1, 0.15) is 17.3 Å². The first kappa shape index (κ1) is 23.6. The molecule has 3 rings (SSSR count). The van der Waals surface area contributed by atoms with Gasteiger partial charge in [-0.3, -0.25) is 10.1 Å². The molecular formula is C24H23BrN2O4S. The molecule has 166 valence electrons. The topological polar surface area (TPSA) is 68.8 Å². The zero-order valence-electron chi connectivity index (χ0n) is 17.5. The predicted octanol–water partition coefficient (Wildman–Crippen LogP) is 5.43. The fourth-order valence-corrected chi connectivity index (χ4v) is 3.34. The number of carbonyl (C=O) groups excluding carboxylic acids is 1. The summed E-state index contributed by atoms with van der Waals surface area (Å²) in [7, 11) is 0. The zero-order chi connectivity index (χ0) is 22.8. The quantitative estimate of drug-likeness (QED) is 0.293. The third-order valence-corrected chi connectivity index (χ3v) is 4.89. The number of ether oxygens (including phenoxy) is 3. The van der Waals surface area contributed by atoms with Crippen molar-refractivity contribution in [2.75, 3.05) is 25.1 Å². The molecule has 3 aromatic rings. The summed E-state index contributed by atoms with van der Waals surface area (Å²) in [6, 6.07) is 22.1. The van der Waals surface area contributed by atoms with E-state index < -0.39 is 0 Å². The molecule has 32 heavy (non-hydrogen) atoms. The highest BCUT2D eigenvalue weighted by molar-refractivity contribution is 9.10. The lowest BCUT2D eigenvalue weighted by atomic mass is 10.2. The van der Waals surface area contributed by atoms with Crippen molar-refractivity contribution in [1.29, 1.82) is 0 Å². The molecule has 0 saturated carbocycles. The molecule has 0 radical (unpaired) electrons. The maximum Gasteiger partial charge on any atom is 0.261 e. The molecule has 2 N–H and O–H groups in total. The van der Waals surface area contributed by atoms with Gasteiger partial charge in [0, 0.05) is 10.2 Å². The minimum absolute atomic E-state index is 0.183. The average molecular weight is 515 g/mol. The third-order valence-electron chi connectivity index (χ3n) is 4.19. The lowest BCUT2D eigenvalue weighted by molar-refractivity contribution is 0.0974. The smallest absolute Gasteiger partial charge is 0.261 e. The Morgan fingerprint density at radius 1 is 0.906 bits per heavy atom. The van der Waals surface area contributed by atoms with E-state index in [1.165, 1.54) is 0 Å². The number of rotatable bonds is 9. The van der Waals surface area contributed by atoms with Crippen molar-refractivity contribution in [3.05, 3.63) is 82.8 Å². The van der Waals surface area contributed by atoms with Crippen LogP contribution in [0, 0.1) is 0 Å². The van der Waals surface area contributed by atoms with Gasteiger partial charge in [0.05, 0.1) is 12.2 Å². The summed E-state index contributed by atoms with van der Waals surface area (Å²) in [4.78, 5) is 12.6. The summed E-state index contributed by atoms with van der Waals surface area (Å²) >= 11 is 8.65. The van der Waals surface area contributed by atoms with Crippen LogP contribution in [0.25, 0.3) is 0 Å². The number of hydrogen-bond acceptors (Lipinski definition) is 5. The fraction of sp³-hybridized carbons (Fsp3) is 0.167. The molecule has 0 aliphatic carbocycles. The highest BCUT2D eigenvalue weighted by Crippen LogP contribution is 2.23. The Labute approximate surface area is 201 Å². The SMILES string of the molecule is CCOc1ccc(Br)cc1C(=O)NC(=S)Nc1ccc(OCCOc2ccccc2)cc1. The van der Waals surface area contributed by atoms with Crippen LogP contribution in [-0.4, -0.2) is 30.8 Å². The van der Waals surface area contributed by atoms with Gasteiger partial charge in [0.2, 0.25) is 0 Å². The number of halogens is 1. The molecule has 0 heterocycles. The van der Waals surface area contributed by atoms with Gasteiger partial charge in [0.1, 0.15) is 30.5 Å². The van der Waals surface area contributed by atoms with E-state index in [1.807, 2.05) is 67.6 Å². The molecule has 3 aromatic carbocycles. The van der Waals surface area contributed by atoms with Crippen LogP contribution < -0.4 is 24.8 Å². The number of carbonyl (C=O) groups is 1. The van der Waals surface area contributed by atoms with Crippen molar-refractivity contribution in [3.63, 3.8) is 0 Å². The van der Waals surface area contributed by atoms with Crippen LogP contribution >= 0.6 is 28.1 Å². The molecule has 0 unspecified atom stereocenters. The standard InChI is InChI=1S/C24H23BrN2O4S/c1-2-29-22-13-8-17(25)16-21(22)23(28)27-24(32)26-18-9-11-20(12-10-18)31-15-14-30-19-6-4-3-5-7-19/h3-13,16H,2,14-15H2,1H3,(H2,26,27,28,32). The monoisotopic (exact) mass is 514 g/mol. The predicted molar refractivity (Wildman–Crippen MR) is 133 cm³/mol. The molecule has 8 heteroatoms. The first-order chi connectivity index (χ1) is 15.5. The van der Waals surface area contributed by atoms with E-state index in [1.54, 1.807) is 12.1 Å². The highest BCUT2D eigenvalue weighted by Gasteiger charge is 2.14. The van der Waals surface area contributed by atoms with Gasteiger partial charge in [0.25, 0.3) is 5.91 Å². The van der Waals surface area contributed by atoms with Crippen molar-refractivity contribution < 1.29 is 19.0 Å². The molecule has 0 atom stereocenters. The number of benzene rings is 3. The van der Waals surface area contributed by atoms with Gasteiger partial charge in [-0.15, -0.1) is 0 Å². The van der Waals surface area contributed by atoms with Crippen molar-refractivity contribution in [2.45, 2.75) is 6.92 Å². The number of anilines is 1. The minimum atomic E-state index is -0.356. The number of hydrogen-bond donors (Lipinski definition) is 2. The normalized spacial score (nSPS) is 10.2. The second-order valence-electron chi connectivity index (χ2n) is 6.52. The van der Waals surface area contributed by atoms with E-state index in [4.69, 9.17) is 26.4 Å². The van der Waals surface area contributed by atoms with Gasteiger partial charge in [-0.1, -0.05) is 34.1 Å². The Kier molecular flexibility index (Phi) is 8.89. The fourth-order valence-electron chi connectivity index (χ4n) is 2.76. The largest absolute Gasteiger partial charge is 0.493 e. The van der Waals surface area contributed by atoms with Crippen molar-refractivity contribution in [1.82, 2.24) is 5.32 Å². The van der Waals surface area contributed by atoms with Crippen molar-refractivity contribution in [3.8, 4) is 17.2 Å². The van der Waals surface area contributed by atoms with Crippen LogP contribution in [0.5, 0.6) is 17.2 Å². The van der Waals surface area contributed by atoms with Gasteiger partial charge in [0.15, 0.2) is 5.11 Å². The first-order valence-electron chi connectivity index (χ1n) is 10.0. The van der Waals surface area contributed by atoms with E-state index in [-0.39, 0.29) is 11.0 Å². The number of para-hydroxylation sites is 1. The van der Waals surface area contributed by atoms with Crippen molar-refractivity contribution >= 4 is 44.9 Å². The van der Waals surface area contributed by atoms with Crippen LogP contribution in [0.15, 0.2) is 77.3 Å². The molecule has 0 bridgehead atoms. The number of thiocarbonyl (C=S) groups is 1. The number of amides is 1. The maximum atomic E-state index is 12.6. The van der Waals surface area contributed by atoms with Gasteiger partial charge in [-0.25, -0.2) is 0 Å². The Hall–Kier alpha value is -3.10. The molecule has 0 aliphatic rings. The third kappa shape index (κ3) is 7.25. The first-order valence-corrected chi connectivity index (χ1v) is 11.2. The molecule has 0 spiro atoms. The summed E-state index contributed by atoms with van der Waals surface area (Å²) < 4.78 is 17.6. The summed E-state index contributed by atoms with van der Waals surface area (Å²) in [5, 5.41) is 5.85. The van der Waals surface area contributed by atoms with E-state index >= 15 is 0 Å². The molecule has 0 fully saturated rings. The Morgan fingerprint density at radius 3 is 2.22 bits per heavy atom. The Balaban J connectivity index is 1.47. The molecule has 6 nitrogen and oxygen atoms in total. The van der Waals surface area contributed by atoms with E-state index in [2.05, 4.69) is 26.6 Å². The second-order valence-corrected chi connectivity index (χ2v) is 7.84. The zero-order valence-corrected chi connectivity index (χ0v) is 19.9. The average Bonchev–Trinajstić information content (AvgIpc) is 2.79. The Morgan fingerprint density at radius 2 is 1.56 bits per heavy atom. The lowest BCUT2D eigenvalue weighted by Crippen LogP contribution is -2.34. The van der Waals surface area contributed by atoms with Gasteiger partial charge in [-0.2, -0.15) is 0 Å². The van der Waals surface area contributed by atoms with E-state index in [0.717, 1.165) is 15.9 Å². The van der Waals surface area contributed by atoms with E-state index in [9.17, 15) is 4.79 Å². The van der Waals surface area contributed by atoms with Crippen LogP contribution in [0.2, 0.25) is 0 Å². The summed E-state index contributed by atoms with van der Waals surface area (Å²) in [5.74, 6) is 1.65. The highest BCUT2D eigenvalue weighted by atomic mass is 79.9. The van der Waals surface area contributed by atoms with Gasteiger partial charge in [-0.05, 0) is 73.7 Å². The van der Waals surface area contributed by atoms with Crippen LogP contribution in [0.4, 0.5) is 5.69 Å². The van der Waals surface area contributed by atoms with Gasteiger partial charge < -0.3 is 19.5 Å². The molecular weight excluding hydrogens is 492 g/mol. The number of nitrogens with one attached hydrogen (secondary N) is 2. The summed E-state index contributed by atoms with van der Waals surface area (Å²) in [6.45, 7) is 3.18. The summed E-state index contributed by atoms with van der Waals surface area (Å²) in [5.41, 5.74) is 1.12. The second kappa shape index (κ2) is 12.1. The Bertz CT molecular complexity index is 1050. The summed E-state index contributed by atoms with van der Waals surface area (Å²) in [6.07, 6.45) is 0. The molecule has 0 aliphatic heterocycles. The van der Waals surface area contributed by atoms with Crippen molar-refractivity contribution in [2.24, 2.45) is 0 Å². The maximum absolute atomic E-state index is 12.6. The molecule has 0 aromatic heterocycles. The van der Waals surface area contributed by atoms with Crippen LogP contribution in [0.3, 0.4) is 0 Å². The van der Waals surface area contributed by atoms with E-state index in [0.29, 0.717) is 36.9 Å². The molecule has 1 amide bonds. The lowest BCUT2D eigenvalue weighted by Gasteiger charge is -2.13.